The van der Waals surface area contributed by atoms with Gasteiger partial charge in [0.15, 0.2) is 5.78 Å². The number of halogens is 1. The van der Waals surface area contributed by atoms with Crippen molar-refractivity contribution in [2.45, 2.75) is 12.8 Å². The van der Waals surface area contributed by atoms with Crippen LogP contribution in [0.3, 0.4) is 0 Å². The molecule has 4 heteroatoms. The molecule has 0 spiro atoms. The zero-order valence-electron chi connectivity index (χ0n) is 12.1. The Labute approximate surface area is 129 Å². The van der Waals surface area contributed by atoms with Crippen LogP contribution in [0.4, 0.5) is 0 Å². The third kappa shape index (κ3) is 3.99. The summed E-state index contributed by atoms with van der Waals surface area (Å²) in [4.78, 5) is 12.2. The molecule has 2 aromatic rings. The number of aryl methyl sites for hydroxylation is 1. The van der Waals surface area contributed by atoms with E-state index in [1.807, 2.05) is 24.3 Å². The molecular formula is C17H17ClO3. The average molecular weight is 305 g/mol. The number of benzene rings is 2. The van der Waals surface area contributed by atoms with Crippen molar-refractivity contribution in [3.63, 3.8) is 0 Å². The van der Waals surface area contributed by atoms with E-state index in [1.54, 1.807) is 32.4 Å². The molecule has 0 atom stereocenters. The van der Waals surface area contributed by atoms with E-state index in [9.17, 15) is 4.79 Å². The number of Topliss-reactive ketones (excluding diaryl/α,β-unsaturated/α-hetero) is 1. The van der Waals surface area contributed by atoms with Crippen molar-refractivity contribution in [3.8, 4) is 11.5 Å². The molecule has 110 valence electrons. The van der Waals surface area contributed by atoms with Crippen molar-refractivity contribution in [3.05, 3.63) is 58.6 Å². The van der Waals surface area contributed by atoms with E-state index in [0.29, 0.717) is 29.2 Å². The highest BCUT2D eigenvalue weighted by Gasteiger charge is 2.11. The Morgan fingerprint density at radius 3 is 2.19 bits per heavy atom. The lowest BCUT2D eigenvalue weighted by atomic mass is 10.0. The van der Waals surface area contributed by atoms with E-state index >= 15 is 0 Å². The second kappa shape index (κ2) is 7.14. The van der Waals surface area contributed by atoms with Gasteiger partial charge >= 0.3 is 0 Å². The first-order valence-corrected chi connectivity index (χ1v) is 7.01. The minimum Gasteiger partial charge on any atom is -0.497 e. The largest absolute Gasteiger partial charge is 0.497 e. The summed E-state index contributed by atoms with van der Waals surface area (Å²) in [5, 5.41) is 0.425. The molecule has 2 rings (SSSR count). The lowest BCUT2D eigenvalue weighted by Crippen LogP contribution is -2.02. The predicted molar refractivity (Wildman–Crippen MR) is 83.6 cm³/mol. The molecular weight excluding hydrogens is 288 g/mol. The molecule has 0 aliphatic rings. The minimum absolute atomic E-state index is 0.0264. The van der Waals surface area contributed by atoms with E-state index in [4.69, 9.17) is 21.1 Å². The van der Waals surface area contributed by atoms with E-state index < -0.39 is 0 Å². The molecule has 0 aliphatic carbocycles. The maximum atomic E-state index is 12.2. The van der Waals surface area contributed by atoms with Crippen LogP contribution in [-0.4, -0.2) is 20.0 Å². The van der Waals surface area contributed by atoms with Gasteiger partial charge in [0.05, 0.1) is 19.2 Å². The van der Waals surface area contributed by atoms with Gasteiger partial charge in [0.2, 0.25) is 0 Å². The lowest BCUT2D eigenvalue weighted by Gasteiger charge is -2.06. The van der Waals surface area contributed by atoms with Gasteiger partial charge in [0.1, 0.15) is 11.5 Å². The number of ketones is 1. The van der Waals surface area contributed by atoms with Gasteiger partial charge in [-0.25, -0.2) is 0 Å². The van der Waals surface area contributed by atoms with Crippen LogP contribution in [0.25, 0.3) is 0 Å². The van der Waals surface area contributed by atoms with Crippen molar-refractivity contribution in [1.82, 2.24) is 0 Å². The van der Waals surface area contributed by atoms with E-state index in [0.717, 1.165) is 11.3 Å². The van der Waals surface area contributed by atoms with Crippen molar-refractivity contribution in [2.24, 2.45) is 0 Å². The van der Waals surface area contributed by atoms with Gasteiger partial charge < -0.3 is 9.47 Å². The molecule has 0 heterocycles. The number of hydrogen-bond donors (Lipinski definition) is 0. The number of carbonyl (C=O) groups excluding carboxylic acids is 1. The van der Waals surface area contributed by atoms with Gasteiger partial charge in [-0.05, 0) is 42.3 Å². The highest BCUT2D eigenvalue weighted by molar-refractivity contribution is 6.34. The van der Waals surface area contributed by atoms with Crippen molar-refractivity contribution in [1.29, 1.82) is 0 Å². The number of rotatable bonds is 6. The summed E-state index contributed by atoms with van der Waals surface area (Å²) in [6.07, 6.45) is 1.09. The molecule has 0 radical (unpaired) electrons. The lowest BCUT2D eigenvalue weighted by molar-refractivity contribution is 0.0983. The number of hydrogen-bond acceptors (Lipinski definition) is 3. The summed E-state index contributed by atoms with van der Waals surface area (Å²) < 4.78 is 10.2. The van der Waals surface area contributed by atoms with Crippen LogP contribution in [0.2, 0.25) is 5.02 Å². The number of carbonyl (C=O) groups is 1. The highest BCUT2D eigenvalue weighted by Crippen LogP contribution is 2.24. The van der Waals surface area contributed by atoms with Crippen molar-refractivity contribution < 1.29 is 14.3 Å². The molecule has 21 heavy (non-hydrogen) atoms. The van der Waals surface area contributed by atoms with Crippen LogP contribution in [-0.2, 0) is 6.42 Å². The Morgan fingerprint density at radius 1 is 1.00 bits per heavy atom. The van der Waals surface area contributed by atoms with E-state index in [1.165, 1.54) is 0 Å². The van der Waals surface area contributed by atoms with Gasteiger partial charge in [-0.1, -0.05) is 23.7 Å². The molecule has 0 unspecified atom stereocenters. The third-order valence-corrected chi connectivity index (χ3v) is 3.59. The third-order valence-electron chi connectivity index (χ3n) is 3.28. The molecule has 0 N–H and O–H groups in total. The topological polar surface area (TPSA) is 35.5 Å². The van der Waals surface area contributed by atoms with Crippen LogP contribution in [0.5, 0.6) is 11.5 Å². The summed E-state index contributed by atoms with van der Waals surface area (Å²) in [6, 6.07) is 12.8. The molecule has 0 saturated carbocycles. The first kappa shape index (κ1) is 15.4. The number of methoxy groups -OCH3 is 2. The summed E-state index contributed by atoms with van der Waals surface area (Å²) in [5.41, 5.74) is 1.62. The summed E-state index contributed by atoms with van der Waals surface area (Å²) >= 11 is 6.11. The maximum Gasteiger partial charge on any atom is 0.164 e. The summed E-state index contributed by atoms with van der Waals surface area (Å²) in [7, 11) is 3.20. The second-order valence-electron chi connectivity index (χ2n) is 4.62. The molecule has 0 amide bonds. The Morgan fingerprint density at radius 2 is 1.62 bits per heavy atom. The zero-order chi connectivity index (χ0) is 15.2. The Bertz CT molecular complexity index is 620. The molecule has 0 saturated heterocycles. The molecule has 0 aliphatic heterocycles. The molecule has 0 bridgehead atoms. The normalized spacial score (nSPS) is 10.2. The molecule has 0 fully saturated rings. The Balaban J connectivity index is 2.00. The number of ether oxygens (including phenoxy) is 2. The fraction of sp³-hybridized carbons (Fsp3) is 0.235. The van der Waals surface area contributed by atoms with Gasteiger partial charge in [-0.2, -0.15) is 0 Å². The predicted octanol–water partition coefficient (Wildman–Crippen LogP) is 4.17. The standard InChI is InChI=1S/C17H17ClO3/c1-20-13-6-3-12(4-7-13)5-10-17(19)15-9-8-14(21-2)11-16(15)18/h3-4,6-9,11H,5,10H2,1-2H3. The second-order valence-corrected chi connectivity index (χ2v) is 5.02. The van der Waals surface area contributed by atoms with Crippen LogP contribution >= 0.6 is 11.6 Å². The summed E-state index contributed by atoms with van der Waals surface area (Å²) in [5.74, 6) is 1.48. The van der Waals surface area contributed by atoms with Crippen LogP contribution in [0.15, 0.2) is 42.5 Å². The fourth-order valence-electron chi connectivity index (χ4n) is 2.03. The van der Waals surface area contributed by atoms with Gasteiger partial charge in [0.25, 0.3) is 0 Å². The zero-order valence-corrected chi connectivity index (χ0v) is 12.8. The van der Waals surface area contributed by atoms with E-state index in [2.05, 4.69) is 0 Å². The van der Waals surface area contributed by atoms with Gasteiger partial charge in [-0.3, -0.25) is 4.79 Å². The van der Waals surface area contributed by atoms with Crippen molar-refractivity contribution in [2.75, 3.05) is 14.2 Å². The maximum absolute atomic E-state index is 12.2. The van der Waals surface area contributed by atoms with E-state index in [-0.39, 0.29) is 5.78 Å². The molecule has 3 nitrogen and oxygen atoms in total. The van der Waals surface area contributed by atoms with Crippen LogP contribution < -0.4 is 9.47 Å². The minimum atomic E-state index is 0.0264. The van der Waals surface area contributed by atoms with Gasteiger partial charge in [0, 0.05) is 12.0 Å². The van der Waals surface area contributed by atoms with Gasteiger partial charge in [-0.15, -0.1) is 0 Å². The first-order valence-electron chi connectivity index (χ1n) is 6.63. The van der Waals surface area contributed by atoms with Crippen molar-refractivity contribution >= 4 is 17.4 Å². The Kier molecular flexibility index (Phi) is 5.23. The highest BCUT2D eigenvalue weighted by atomic mass is 35.5. The first-order chi connectivity index (χ1) is 10.1. The SMILES string of the molecule is COc1ccc(CCC(=O)c2ccc(OC)cc2Cl)cc1. The monoisotopic (exact) mass is 304 g/mol. The Hall–Kier alpha value is -2.00. The van der Waals surface area contributed by atoms with Crippen LogP contribution in [0.1, 0.15) is 22.3 Å². The fourth-order valence-corrected chi connectivity index (χ4v) is 2.31. The average Bonchev–Trinajstić information content (AvgIpc) is 2.52. The molecule has 2 aromatic carbocycles. The summed E-state index contributed by atoms with van der Waals surface area (Å²) in [6.45, 7) is 0. The molecule has 0 aromatic heterocycles. The smallest absolute Gasteiger partial charge is 0.164 e. The quantitative estimate of drug-likeness (QED) is 0.751. The van der Waals surface area contributed by atoms with Crippen LogP contribution in [0, 0.1) is 0 Å².